The minimum Gasteiger partial charge on any atom is -0.313 e. The molecule has 0 saturated carbocycles. The third-order valence-corrected chi connectivity index (χ3v) is 2.90. The number of aromatic nitrogens is 3. The standard InChI is InChI=1S/C10H14N4S/c1-2-3-11-6-8-7-13-14-9(8)10-12-4-5-15-10/h4-5,7,11H,2-3,6H2,1H3,(H,13,14). The smallest absolute Gasteiger partial charge is 0.141 e. The number of nitrogens with zero attached hydrogens (tertiary/aromatic N) is 2. The van der Waals surface area contributed by atoms with Crippen molar-refractivity contribution in [1.29, 1.82) is 0 Å². The molecular formula is C10H14N4S. The molecule has 0 aliphatic rings. The highest BCUT2D eigenvalue weighted by Gasteiger charge is 2.08. The van der Waals surface area contributed by atoms with Crippen molar-refractivity contribution in [3.63, 3.8) is 0 Å². The van der Waals surface area contributed by atoms with Crippen molar-refractivity contribution in [1.82, 2.24) is 20.5 Å². The highest BCUT2D eigenvalue weighted by Crippen LogP contribution is 2.22. The van der Waals surface area contributed by atoms with E-state index < -0.39 is 0 Å². The van der Waals surface area contributed by atoms with Crippen LogP contribution in [0.5, 0.6) is 0 Å². The number of hydrogen-bond acceptors (Lipinski definition) is 4. The number of aromatic amines is 1. The Kier molecular flexibility index (Phi) is 3.47. The zero-order chi connectivity index (χ0) is 10.5. The summed E-state index contributed by atoms with van der Waals surface area (Å²) < 4.78 is 0. The van der Waals surface area contributed by atoms with Crippen molar-refractivity contribution < 1.29 is 0 Å². The maximum absolute atomic E-state index is 4.27. The molecule has 0 unspecified atom stereocenters. The van der Waals surface area contributed by atoms with Crippen molar-refractivity contribution in [3.8, 4) is 10.7 Å². The number of nitrogens with one attached hydrogen (secondary N) is 2. The van der Waals surface area contributed by atoms with E-state index >= 15 is 0 Å². The van der Waals surface area contributed by atoms with Crippen molar-refractivity contribution in [3.05, 3.63) is 23.3 Å². The number of thiazole rings is 1. The van der Waals surface area contributed by atoms with Crippen LogP contribution in [0.2, 0.25) is 0 Å². The van der Waals surface area contributed by atoms with Gasteiger partial charge in [-0.25, -0.2) is 4.98 Å². The monoisotopic (exact) mass is 222 g/mol. The van der Waals surface area contributed by atoms with Crippen LogP contribution in [-0.2, 0) is 6.54 Å². The van der Waals surface area contributed by atoms with Gasteiger partial charge in [-0.05, 0) is 13.0 Å². The molecule has 2 N–H and O–H groups in total. The van der Waals surface area contributed by atoms with Crippen LogP contribution in [0.4, 0.5) is 0 Å². The molecule has 0 aliphatic carbocycles. The summed E-state index contributed by atoms with van der Waals surface area (Å²) in [5.41, 5.74) is 2.21. The Bertz CT molecular complexity index is 393. The normalized spacial score (nSPS) is 10.7. The topological polar surface area (TPSA) is 53.6 Å². The Morgan fingerprint density at radius 2 is 2.47 bits per heavy atom. The fraction of sp³-hybridized carbons (Fsp3) is 0.400. The zero-order valence-electron chi connectivity index (χ0n) is 8.66. The summed E-state index contributed by atoms with van der Waals surface area (Å²) in [6, 6.07) is 0. The lowest BCUT2D eigenvalue weighted by molar-refractivity contribution is 0.676. The average molecular weight is 222 g/mol. The first-order valence-electron chi connectivity index (χ1n) is 5.04. The van der Waals surface area contributed by atoms with Crippen LogP contribution in [0.25, 0.3) is 10.7 Å². The molecule has 0 aliphatic heterocycles. The van der Waals surface area contributed by atoms with Gasteiger partial charge in [0.25, 0.3) is 0 Å². The average Bonchev–Trinajstić information content (AvgIpc) is 2.87. The number of rotatable bonds is 5. The molecule has 4 nitrogen and oxygen atoms in total. The highest BCUT2D eigenvalue weighted by atomic mass is 32.1. The van der Waals surface area contributed by atoms with E-state index in [0.717, 1.165) is 30.2 Å². The predicted octanol–water partition coefficient (Wildman–Crippen LogP) is 2.03. The van der Waals surface area contributed by atoms with E-state index in [0.29, 0.717) is 0 Å². The van der Waals surface area contributed by atoms with Crippen LogP contribution in [0.3, 0.4) is 0 Å². The first-order chi connectivity index (χ1) is 7.42. The summed E-state index contributed by atoms with van der Waals surface area (Å²) in [4.78, 5) is 4.27. The van der Waals surface area contributed by atoms with Crippen LogP contribution in [0, 0.1) is 0 Å². The summed E-state index contributed by atoms with van der Waals surface area (Å²) in [5, 5.41) is 13.4. The van der Waals surface area contributed by atoms with E-state index in [1.807, 2.05) is 17.8 Å². The molecule has 0 saturated heterocycles. The summed E-state index contributed by atoms with van der Waals surface area (Å²) in [5.74, 6) is 0. The van der Waals surface area contributed by atoms with Crippen molar-refractivity contribution in [2.75, 3.05) is 6.54 Å². The van der Waals surface area contributed by atoms with Gasteiger partial charge in [-0.3, -0.25) is 5.10 Å². The van der Waals surface area contributed by atoms with Gasteiger partial charge in [0.1, 0.15) is 5.01 Å². The highest BCUT2D eigenvalue weighted by molar-refractivity contribution is 7.13. The first kappa shape index (κ1) is 10.3. The van der Waals surface area contributed by atoms with Crippen LogP contribution < -0.4 is 5.32 Å². The summed E-state index contributed by atoms with van der Waals surface area (Å²) in [7, 11) is 0. The molecule has 0 spiro atoms. The lowest BCUT2D eigenvalue weighted by atomic mass is 10.2. The van der Waals surface area contributed by atoms with Gasteiger partial charge in [-0.2, -0.15) is 5.10 Å². The van der Waals surface area contributed by atoms with Gasteiger partial charge in [-0.1, -0.05) is 6.92 Å². The maximum atomic E-state index is 4.27. The summed E-state index contributed by atoms with van der Waals surface area (Å²) in [6.07, 6.45) is 4.81. The Labute approximate surface area is 92.8 Å². The van der Waals surface area contributed by atoms with Gasteiger partial charge in [0.15, 0.2) is 0 Å². The van der Waals surface area contributed by atoms with E-state index in [1.54, 1.807) is 11.3 Å². The number of H-pyrrole nitrogens is 1. The first-order valence-corrected chi connectivity index (χ1v) is 5.92. The van der Waals surface area contributed by atoms with E-state index in [9.17, 15) is 0 Å². The van der Waals surface area contributed by atoms with Crippen molar-refractivity contribution >= 4 is 11.3 Å². The molecule has 0 radical (unpaired) electrons. The Morgan fingerprint density at radius 1 is 1.53 bits per heavy atom. The molecule has 2 heterocycles. The molecule has 15 heavy (non-hydrogen) atoms. The largest absolute Gasteiger partial charge is 0.313 e. The third kappa shape index (κ3) is 2.43. The van der Waals surface area contributed by atoms with Crippen molar-refractivity contribution in [2.45, 2.75) is 19.9 Å². The van der Waals surface area contributed by atoms with Crippen LogP contribution >= 0.6 is 11.3 Å². The Morgan fingerprint density at radius 3 is 3.20 bits per heavy atom. The third-order valence-electron chi connectivity index (χ3n) is 2.11. The fourth-order valence-electron chi connectivity index (χ4n) is 1.38. The van der Waals surface area contributed by atoms with Crippen LogP contribution in [-0.4, -0.2) is 21.7 Å². The zero-order valence-corrected chi connectivity index (χ0v) is 9.47. The predicted molar refractivity (Wildman–Crippen MR) is 61.7 cm³/mol. The summed E-state index contributed by atoms with van der Waals surface area (Å²) in [6.45, 7) is 4.03. The second kappa shape index (κ2) is 5.04. The second-order valence-corrected chi connectivity index (χ2v) is 4.18. The fourth-order valence-corrected chi connectivity index (χ4v) is 2.04. The molecule has 0 amide bonds. The molecule has 5 heteroatoms. The molecule has 0 bridgehead atoms. The Balaban J connectivity index is 2.09. The maximum Gasteiger partial charge on any atom is 0.141 e. The molecule has 0 aromatic carbocycles. The van der Waals surface area contributed by atoms with Gasteiger partial charge in [0, 0.05) is 23.7 Å². The lowest BCUT2D eigenvalue weighted by Gasteiger charge is -2.01. The molecule has 0 fully saturated rings. The SMILES string of the molecule is CCCNCc1cn[nH]c1-c1nccs1. The van der Waals surface area contributed by atoms with Crippen LogP contribution in [0.1, 0.15) is 18.9 Å². The molecule has 2 aromatic rings. The molecule has 2 rings (SSSR count). The molecule has 2 aromatic heterocycles. The quantitative estimate of drug-likeness (QED) is 0.761. The van der Waals surface area contributed by atoms with Gasteiger partial charge < -0.3 is 5.32 Å². The molecule has 80 valence electrons. The number of hydrogen-bond donors (Lipinski definition) is 2. The minimum absolute atomic E-state index is 0.846. The van der Waals surface area contributed by atoms with Crippen molar-refractivity contribution in [2.24, 2.45) is 0 Å². The van der Waals surface area contributed by atoms with E-state index in [-0.39, 0.29) is 0 Å². The summed E-state index contributed by atoms with van der Waals surface area (Å²) >= 11 is 1.62. The lowest BCUT2D eigenvalue weighted by Crippen LogP contribution is -2.13. The molecule has 0 atom stereocenters. The van der Waals surface area contributed by atoms with Crippen LogP contribution in [0.15, 0.2) is 17.8 Å². The van der Waals surface area contributed by atoms with E-state index in [4.69, 9.17) is 0 Å². The molecular weight excluding hydrogens is 208 g/mol. The second-order valence-electron chi connectivity index (χ2n) is 3.28. The van der Waals surface area contributed by atoms with Gasteiger partial charge in [0.05, 0.1) is 11.9 Å². The van der Waals surface area contributed by atoms with Gasteiger partial charge in [0.2, 0.25) is 0 Å². The van der Waals surface area contributed by atoms with E-state index in [1.165, 1.54) is 5.56 Å². The minimum atomic E-state index is 0.846. The van der Waals surface area contributed by atoms with Gasteiger partial charge in [-0.15, -0.1) is 11.3 Å². The van der Waals surface area contributed by atoms with E-state index in [2.05, 4.69) is 27.4 Å². The Hall–Kier alpha value is -1.20. The van der Waals surface area contributed by atoms with Gasteiger partial charge >= 0.3 is 0 Å².